The van der Waals surface area contributed by atoms with Gasteiger partial charge in [0.2, 0.25) is 11.1 Å². The Kier molecular flexibility index (Phi) is 5.93. The molecule has 0 radical (unpaired) electrons. The van der Waals surface area contributed by atoms with Gasteiger partial charge in [0.25, 0.3) is 5.82 Å². The van der Waals surface area contributed by atoms with E-state index in [0.29, 0.717) is 11.1 Å². The van der Waals surface area contributed by atoms with Crippen LogP contribution in [0.1, 0.15) is 36.3 Å². The summed E-state index contributed by atoms with van der Waals surface area (Å²) in [6, 6.07) is 7.60. The minimum Gasteiger partial charge on any atom is -0.349 e. The van der Waals surface area contributed by atoms with Crippen molar-refractivity contribution in [3.63, 3.8) is 0 Å². The van der Waals surface area contributed by atoms with E-state index in [1.165, 1.54) is 0 Å². The Morgan fingerprint density at radius 2 is 1.96 bits per heavy atom. The SMILES string of the molecule is CC[C@H](NC(=O)CSc1nnc(C(F)(F)F)n1N)c1ccc(C)cc1. The molecule has 0 fully saturated rings. The number of nitrogens with two attached hydrogens (primary N) is 1. The predicted molar refractivity (Wildman–Crippen MR) is 88.3 cm³/mol. The average molecular weight is 373 g/mol. The van der Waals surface area contributed by atoms with Crippen LogP contribution in [0.2, 0.25) is 0 Å². The van der Waals surface area contributed by atoms with Gasteiger partial charge in [0, 0.05) is 0 Å². The predicted octanol–water partition coefficient (Wildman–Crippen LogP) is 2.68. The first-order valence-electron chi connectivity index (χ1n) is 7.48. The number of rotatable bonds is 6. The molecule has 0 bridgehead atoms. The number of hydrogen-bond donors (Lipinski definition) is 2. The van der Waals surface area contributed by atoms with Gasteiger partial charge in [-0.3, -0.25) is 4.79 Å². The van der Waals surface area contributed by atoms with Gasteiger partial charge >= 0.3 is 6.18 Å². The van der Waals surface area contributed by atoms with Gasteiger partial charge in [-0.25, -0.2) is 4.68 Å². The maximum absolute atomic E-state index is 12.6. The van der Waals surface area contributed by atoms with E-state index in [-0.39, 0.29) is 22.9 Å². The molecule has 1 aromatic heterocycles. The summed E-state index contributed by atoms with van der Waals surface area (Å²) < 4.78 is 38.2. The van der Waals surface area contributed by atoms with Crippen LogP contribution in [0.4, 0.5) is 13.2 Å². The van der Waals surface area contributed by atoms with Crippen LogP contribution < -0.4 is 11.2 Å². The molecule has 0 aliphatic heterocycles. The molecule has 1 heterocycles. The Balaban J connectivity index is 1.96. The summed E-state index contributed by atoms with van der Waals surface area (Å²) in [5.74, 6) is 3.58. The quantitative estimate of drug-likeness (QED) is 0.601. The van der Waals surface area contributed by atoms with Crippen LogP contribution in [0, 0.1) is 6.92 Å². The van der Waals surface area contributed by atoms with Gasteiger partial charge in [-0.05, 0) is 18.9 Å². The van der Waals surface area contributed by atoms with E-state index >= 15 is 0 Å². The van der Waals surface area contributed by atoms with Crippen molar-refractivity contribution >= 4 is 17.7 Å². The minimum atomic E-state index is -4.69. The van der Waals surface area contributed by atoms with E-state index in [1.807, 2.05) is 38.1 Å². The standard InChI is InChI=1S/C15H18F3N5OS/c1-3-11(10-6-4-9(2)5-7-10)20-12(24)8-25-14-22-21-13(23(14)19)15(16,17)18/h4-7,11H,3,8,19H2,1-2H3,(H,20,24)/t11-/m0/s1. The molecular weight excluding hydrogens is 355 g/mol. The van der Waals surface area contributed by atoms with Crippen molar-refractivity contribution in [2.24, 2.45) is 0 Å². The van der Waals surface area contributed by atoms with Crippen molar-refractivity contribution in [3.8, 4) is 0 Å². The van der Waals surface area contributed by atoms with Gasteiger partial charge in [-0.1, -0.05) is 48.5 Å². The Morgan fingerprint density at radius 3 is 2.48 bits per heavy atom. The van der Waals surface area contributed by atoms with Gasteiger partial charge in [-0.15, -0.1) is 10.2 Å². The second-order valence-corrected chi connectivity index (χ2v) is 6.34. The lowest BCUT2D eigenvalue weighted by Crippen LogP contribution is -2.30. The molecule has 1 atom stereocenters. The Bertz CT molecular complexity index is 730. The van der Waals surface area contributed by atoms with Gasteiger partial charge in [0.05, 0.1) is 11.8 Å². The van der Waals surface area contributed by atoms with E-state index in [1.54, 1.807) is 0 Å². The number of carbonyl (C=O) groups excluding carboxylic acids is 1. The largest absolute Gasteiger partial charge is 0.453 e. The minimum absolute atomic E-state index is 0.116. The van der Waals surface area contributed by atoms with Crippen LogP contribution in [0.5, 0.6) is 0 Å². The third-order valence-corrected chi connectivity index (χ3v) is 4.42. The van der Waals surface area contributed by atoms with Crippen LogP contribution in [0.25, 0.3) is 0 Å². The summed E-state index contributed by atoms with van der Waals surface area (Å²) in [5, 5.41) is 9.05. The lowest BCUT2D eigenvalue weighted by atomic mass is 10.0. The number of nitrogens with zero attached hydrogens (tertiary/aromatic N) is 3. The molecule has 25 heavy (non-hydrogen) atoms. The smallest absolute Gasteiger partial charge is 0.349 e. The molecule has 1 amide bonds. The first kappa shape index (κ1) is 19.1. The van der Waals surface area contributed by atoms with E-state index in [0.717, 1.165) is 22.9 Å². The Labute approximate surface area is 147 Å². The number of nitrogens with one attached hydrogen (secondary N) is 1. The summed E-state index contributed by atoms with van der Waals surface area (Å²) in [7, 11) is 0. The van der Waals surface area contributed by atoms with Crippen molar-refractivity contribution in [2.75, 3.05) is 11.6 Å². The molecule has 0 aliphatic carbocycles. The highest BCUT2D eigenvalue weighted by atomic mass is 32.2. The zero-order chi connectivity index (χ0) is 18.6. The van der Waals surface area contributed by atoms with Crippen LogP contribution in [0.3, 0.4) is 0 Å². The molecule has 136 valence electrons. The molecule has 2 aromatic rings. The van der Waals surface area contributed by atoms with Crippen LogP contribution in [-0.4, -0.2) is 26.5 Å². The first-order chi connectivity index (χ1) is 11.7. The van der Waals surface area contributed by atoms with E-state index in [4.69, 9.17) is 5.84 Å². The molecule has 0 saturated heterocycles. The molecule has 2 rings (SSSR count). The molecule has 0 spiro atoms. The van der Waals surface area contributed by atoms with Crippen LogP contribution in [0.15, 0.2) is 29.4 Å². The summed E-state index contributed by atoms with van der Waals surface area (Å²) >= 11 is 0.795. The lowest BCUT2D eigenvalue weighted by Gasteiger charge is -2.17. The highest BCUT2D eigenvalue weighted by Gasteiger charge is 2.38. The van der Waals surface area contributed by atoms with Gasteiger partial charge in [0.15, 0.2) is 0 Å². The summed E-state index contributed by atoms with van der Waals surface area (Å²) in [4.78, 5) is 12.1. The number of hydrogen-bond acceptors (Lipinski definition) is 5. The molecule has 6 nitrogen and oxygen atoms in total. The highest BCUT2D eigenvalue weighted by molar-refractivity contribution is 7.99. The van der Waals surface area contributed by atoms with Gasteiger partial charge < -0.3 is 11.2 Å². The third-order valence-electron chi connectivity index (χ3n) is 3.47. The second-order valence-electron chi connectivity index (χ2n) is 5.40. The summed E-state index contributed by atoms with van der Waals surface area (Å²) in [6.07, 6.45) is -4.01. The normalized spacial score (nSPS) is 12.8. The number of halogens is 3. The van der Waals surface area contributed by atoms with E-state index in [9.17, 15) is 18.0 Å². The van der Waals surface area contributed by atoms with E-state index in [2.05, 4.69) is 15.5 Å². The number of benzene rings is 1. The summed E-state index contributed by atoms with van der Waals surface area (Å²) in [6.45, 7) is 3.90. The zero-order valence-electron chi connectivity index (χ0n) is 13.7. The lowest BCUT2D eigenvalue weighted by molar-refractivity contribution is -0.146. The fraction of sp³-hybridized carbons (Fsp3) is 0.400. The Hall–Kier alpha value is -2.23. The van der Waals surface area contributed by atoms with Gasteiger partial charge in [-0.2, -0.15) is 13.2 Å². The maximum atomic E-state index is 12.6. The number of aryl methyl sites for hydroxylation is 1. The van der Waals surface area contributed by atoms with E-state index < -0.39 is 12.0 Å². The number of nitrogen functional groups attached to an aromatic ring is 1. The maximum Gasteiger partial charge on any atom is 0.453 e. The van der Waals surface area contributed by atoms with Crippen molar-refractivity contribution in [1.29, 1.82) is 0 Å². The first-order valence-corrected chi connectivity index (χ1v) is 8.47. The molecule has 10 heteroatoms. The molecule has 3 N–H and O–H groups in total. The monoisotopic (exact) mass is 373 g/mol. The highest BCUT2D eigenvalue weighted by Crippen LogP contribution is 2.28. The van der Waals surface area contributed by atoms with Crippen LogP contribution >= 0.6 is 11.8 Å². The Morgan fingerprint density at radius 1 is 1.32 bits per heavy atom. The van der Waals surface area contributed by atoms with Crippen molar-refractivity contribution in [3.05, 3.63) is 41.2 Å². The number of carbonyl (C=O) groups is 1. The van der Waals surface area contributed by atoms with Crippen molar-refractivity contribution in [2.45, 2.75) is 37.6 Å². The molecule has 1 aromatic carbocycles. The van der Waals surface area contributed by atoms with Crippen molar-refractivity contribution < 1.29 is 18.0 Å². The number of amides is 1. The average Bonchev–Trinajstić information content (AvgIpc) is 2.92. The molecule has 0 saturated carbocycles. The number of alkyl halides is 3. The zero-order valence-corrected chi connectivity index (χ0v) is 14.5. The second kappa shape index (κ2) is 7.77. The molecule has 0 unspecified atom stereocenters. The van der Waals surface area contributed by atoms with Gasteiger partial charge in [0.1, 0.15) is 0 Å². The number of thioether (sulfide) groups is 1. The number of aromatic nitrogens is 3. The fourth-order valence-electron chi connectivity index (χ4n) is 2.15. The van der Waals surface area contributed by atoms with Crippen molar-refractivity contribution in [1.82, 2.24) is 20.2 Å². The topological polar surface area (TPSA) is 85.8 Å². The molecule has 0 aliphatic rings. The fourth-order valence-corrected chi connectivity index (χ4v) is 2.82. The van der Waals surface area contributed by atoms with Crippen LogP contribution in [-0.2, 0) is 11.0 Å². The summed E-state index contributed by atoms with van der Waals surface area (Å²) in [5.41, 5.74) is 2.08. The molecular formula is C15H18F3N5OS. The third kappa shape index (κ3) is 4.88.